The molecule has 1 aliphatic rings. The van der Waals surface area contributed by atoms with Gasteiger partial charge in [0, 0.05) is 17.8 Å². The molecule has 1 N–H and O–H groups in total. The summed E-state index contributed by atoms with van der Waals surface area (Å²) < 4.78 is 6.25. The standard InChI is InChI=1S/C24H21N3O3S/c28-22(20-8-5-15-30-20)25-17-12-10-16(11-13-17)24(29)27-14-4-3-7-19(27)23-26-18-6-1-2-9-21(18)31-23/h1-2,5-6,8-13,15,19H,3-4,7,14H2,(H,25,28)/t19-/m1/s1. The largest absolute Gasteiger partial charge is 0.459 e. The highest BCUT2D eigenvalue weighted by Gasteiger charge is 2.31. The normalized spacial score (nSPS) is 16.4. The molecular weight excluding hydrogens is 410 g/mol. The fourth-order valence-corrected chi connectivity index (χ4v) is 5.04. The second kappa shape index (κ2) is 8.35. The lowest BCUT2D eigenvalue weighted by Gasteiger charge is -2.34. The van der Waals surface area contributed by atoms with Crippen molar-refractivity contribution < 1.29 is 14.0 Å². The van der Waals surface area contributed by atoms with Gasteiger partial charge in [0.25, 0.3) is 11.8 Å². The molecule has 6 nitrogen and oxygen atoms in total. The molecule has 0 saturated carbocycles. The lowest BCUT2D eigenvalue weighted by molar-refractivity contribution is 0.0611. The molecular formula is C24H21N3O3S. The minimum atomic E-state index is -0.323. The van der Waals surface area contributed by atoms with Crippen molar-refractivity contribution in [2.24, 2.45) is 0 Å². The second-order valence-electron chi connectivity index (χ2n) is 7.54. The fraction of sp³-hybridized carbons (Fsp3) is 0.208. The van der Waals surface area contributed by atoms with Crippen LogP contribution in [0.5, 0.6) is 0 Å². The third-order valence-electron chi connectivity index (χ3n) is 5.49. The Morgan fingerprint density at radius 1 is 1.03 bits per heavy atom. The van der Waals surface area contributed by atoms with Crippen molar-refractivity contribution in [3.63, 3.8) is 0 Å². The molecule has 1 fully saturated rings. The number of para-hydroxylation sites is 1. The lowest BCUT2D eigenvalue weighted by atomic mass is 10.0. The van der Waals surface area contributed by atoms with Crippen molar-refractivity contribution in [1.82, 2.24) is 9.88 Å². The van der Waals surface area contributed by atoms with Gasteiger partial charge >= 0.3 is 0 Å². The van der Waals surface area contributed by atoms with E-state index in [1.807, 2.05) is 23.1 Å². The Morgan fingerprint density at radius 2 is 1.87 bits per heavy atom. The van der Waals surface area contributed by atoms with Gasteiger partial charge in [-0.15, -0.1) is 11.3 Å². The predicted octanol–water partition coefficient (Wildman–Crippen LogP) is 5.51. The summed E-state index contributed by atoms with van der Waals surface area (Å²) in [7, 11) is 0. The zero-order valence-electron chi connectivity index (χ0n) is 16.8. The number of nitrogens with zero attached hydrogens (tertiary/aromatic N) is 2. The number of likely N-dealkylation sites (tertiary alicyclic amines) is 1. The highest BCUT2D eigenvalue weighted by molar-refractivity contribution is 7.18. The summed E-state index contributed by atoms with van der Waals surface area (Å²) >= 11 is 1.67. The number of amides is 2. The Bertz CT molecular complexity index is 1180. The maximum absolute atomic E-state index is 13.3. The number of furan rings is 1. The summed E-state index contributed by atoms with van der Waals surface area (Å²) in [6.45, 7) is 0.719. The molecule has 0 spiro atoms. The smallest absolute Gasteiger partial charge is 0.291 e. The molecule has 156 valence electrons. The molecule has 2 aromatic carbocycles. The van der Waals surface area contributed by atoms with Crippen molar-refractivity contribution in [2.75, 3.05) is 11.9 Å². The molecule has 4 aromatic rings. The summed E-state index contributed by atoms with van der Waals surface area (Å²) in [5, 5.41) is 3.77. The van der Waals surface area contributed by atoms with E-state index in [1.165, 1.54) is 6.26 Å². The summed E-state index contributed by atoms with van der Waals surface area (Å²) in [4.78, 5) is 32.2. The zero-order valence-corrected chi connectivity index (χ0v) is 17.6. The number of piperidine rings is 1. The number of carbonyl (C=O) groups is 2. The number of thiazole rings is 1. The minimum absolute atomic E-state index is 0.00279. The highest BCUT2D eigenvalue weighted by Crippen LogP contribution is 2.36. The third kappa shape index (κ3) is 3.96. The van der Waals surface area contributed by atoms with Crippen molar-refractivity contribution in [2.45, 2.75) is 25.3 Å². The summed E-state index contributed by atoms with van der Waals surface area (Å²) in [5.41, 5.74) is 2.19. The van der Waals surface area contributed by atoms with Gasteiger partial charge in [0.15, 0.2) is 5.76 Å². The van der Waals surface area contributed by atoms with E-state index in [-0.39, 0.29) is 23.6 Å². The molecule has 0 aliphatic carbocycles. The van der Waals surface area contributed by atoms with Crippen LogP contribution in [-0.2, 0) is 0 Å². The van der Waals surface area contributed by atoms with Gasteiger partial charge in [-0.25, -0.2) is 4.98 Å². The second-order valence-corrected chi connectivity index (χ2v) is 8.60. The summed E-state index contributed by atoms with van der Waals surface area (Å²) in [6.07, 6.45) is 4.45. The molecule has 1 atom stereocenters. The Balaban J connectivity index is 1.34. The topological polar surface area (TPSA) is 75.4 Å². The first kappa shape index (κ1) is 19.5. The first-order valence-corrected chi connectivity index (χ1v) is 11.1. The molecule has 0 unspecified atom stereocenters. The first-order chi connectivity index (χ1) is 15.2. The number of carbonyl (C=O) groups excluding carboxylic acids is 2. The van der Waals surface area contributed by atoms with Crippen LogP contribution in [0, 0.1) is 0 Å². The van der Waals surface area contributed by atoms with E-state index in [0.29, 0.717) is 11.3 Å². The Morgan fingerprint density at radius 3 is 2.65 bits per heavy atom. The quantitative estimate of drug-likeness (QED) is 0.462. The lowest BCUT2D eigenvalue weighted by Crippen LogP contribution is -2.38. The van der Waals surface area contributed by atoms with E-state index in [4.69, 9.17) is 9.40 Å². The molecule has 7 heteroatoms. The number of fused-ring (bicyclic) bond motifs is 1. The number of rotatable bonds is 4. The fourth-order valence-electron chi connectivity index (χ4n) is 3.93. The summed E-state index contributed by atoms with van der Waals surface area (Å²) in [5.74, 6) is -0.0870. The van der Waals surface area contributed by atoms with Gasteiger partial charge in [-0.1, -0.05) is 12.1 Å². The first-order valence-electron chi connectivity index (χ1n) is 10.3. The van der Waals surface area contributed by atoms with Gasteiger partial charge in [-0.3, -0.25) is 9.59 Å². The van der Waals surface area contributed by atoms with E-state index in [0.717, 1.165) is 41.0 Å². The van der Waals surface area contributed by atoms with Crippen molar-refractivity contribution >= 4 is 39.1 Å². The van der Waals surface area contributed by atoms with Crippen LogP contribution in [0.4, 0.5) is 5.69 Å². The molecule has 1 saturated heterocycles. The molecule has 1 aliphatic heterocycles. The van der Waals surface area contributed by atoms with E-state index < -0.39 is 0 Å². The van der Waals surface area contributed by atoms with E-state index >= 15 is 0 Å². The molecule has 31 heavy (non-hydrogen) atoms. The average molecular weight is 432 g/mol. The Hall–Kier alpha value is -3.45. The van der Waals surface area contributed by atoms with Gasteiger partial charge in [0.05, 0.1) is 22.5 Å². The molecule has 5 rings (SSSR count). The van der Waals surface area contributed by atoms with Crippen LogP contribution in [0.1, 0.15) is 51.2 Å². The van der Waals surface area contributed by atoms with E-state index in [2.05, 4.69) is 11.4 Å². The molecule has 2 amide bonds. The monoisotopic (exact) mass is 431 g/mol. The van der Waals surface area contributed by atoms with Crippen LogP contribution >= 0.6 is 11.3 Å². The predicted molar refractivity (Wildman–Crippen MR) is 120 cm³/mol. The van der Waals surface area contributed by atoms with Crippen molar-refractivity contribution in [3.05, 3.63) is 83.3 Å². The maximum atomic E-state index is 13.3. The average Bonchev–Trinajstić information content (AvgIpc) is 3.49. The zero-order chi connectivity index (χ0) is 21.2. The van der Waals surface area contributed by atoms with Crippen LogP contribution in [-0.4, -0.2) is 28.2 Å². The van der Waals surface area contributed by atoms with Crippen LogP contribution in [0.3, 0.4) is 0 Å². The van der Waals surface area contributed by atoms with Crippen LogP contribution in [0.25, 0.3) is 10.2 Å². The number of benzene rings is 2. The minimum Gasteiger partial charge on any atom is -0.459 e. The van der Waals surface area contributed by atoms with Gasteiger partial charge in [-0.2, -0.15) is 0 Å². The molecule has 3 heterocycles. The SMILES string of the molecule is O=C(Nc1ccc(C(=O)N2CCCC[C@@H]2c2nc3ccccc3s2)cc1)c1ccco1. The Kier molecular flexibility index (Phi) is 5.26. The number of nitrogens with one attached hydrogen (secondary N) is 1. The van der Waals surface area contributed by atoms with Gasteiger partial charge < -0.3 is 14.6 Å². The number of hydrogen-bond acceptors (Lipinski definition) is 5. The molecule has 2 aromatic heterocycles. The van der Waals surface area contributed by atoms with Gasteiger partial charge in [-0.05, 0) is 67.8 Å². The molecule has 0 radical (unpaired) electrons. The third-order valence-corrected chi connectivity index (χ3v) is 6.63. The van der Waals surface area contributed by atoms with E-state index in [9.17, 15) is 9.59 Å². The Labute approximate surface area is 183 Å². The van der Waals surface area contributed by atoms with E-state index in [1.54, 1.807) is 47.7 Å². The number of aromatic nitrogens is 1. The van der Waals surface area contributed by atoms with Crippen LogP contribution in [0.15, 0.2) is 71.3 Å². The van der Waals surface area contributed by atoms with Crippen molar-refractivity contribution in [1.29, 1.82) is 0 Å². The van der Waals surface area contributed by atoms with Crippen LogP contribution < -0.4 is 5.32 Å². The molecule has 0 bridgehead atoms. The van der Waals surface area contributed by atoms with Gasteiger partial charge in [0.1, 0.15) is 5.01 Å². The maximum Gasteiger partial charge on any atom is 0.291 e. The highest BCUT2D eigenvalue weighted by atomic mass is 32.1. The van der Waals surface area contributed by atoms with Gasteiger partial charge in [0.2, 0.25) is 0 Å². The summed E-state index contributed by atoms with van der Waals surface area (Å²) in [6, 6.07) is 18.3. The number of anilines is 1. The van der Waals surface area contributed by atoms with Crippen molar-refractivity contribution in [3.8, 4) is 0 Å². The number of hydrogen-bond donors (Lipinski definition) is 1. The van der Waals surface area contributed by atoms with Crippen LogP contribution in [0.2, 0.25) is 0 Å².